The fraction of sp³-hybridized carbons (Fsp3) is 0.333. The first kappa shape index (κ1) is 21.4. The van der Waals surface area contributed by atoms with E-state index in [4.69, 9.17) is 9.84 Å². The zero-order valence-corrected chi connectivity index (χ0v) is 17.4. The van der Waals surface area contributed by atoms with Crippen LogP contribution in [0.5, 0.6) is 5.75 Å². The Hall–Kier alpha value is -3.33. The van der Waals surface area contributed by atoms with E-state index in [-0.39, 0.29) is 18.9 Å². The number of hydrogen-bond donors (Lipinski definition) is 1. The Labute approximate surface area is 175 Å². The largest absolute Gasteiger partial charge is 0.489 e. The van der Waals surface area contributed by atoms with Crippen molar-refractivity contribution in [2.75, 3.05) is 0 Å². The molecule has 1 heterocycles. The van der Waals surface area contributed by atoms with Gasteiger partial charge in [0.25, 0.3) is 0 Å². The van der Waals surface area contributed by atoms with E-state index in [0.717, 1.165) is 16.6 Å². The minimum absolute atomic E-state index is 0.0529. The van der Waals surface area contributed by atoms with Gasteiger partial charge in [-0.3, -0.25) is 9.48 Å². The van der Waals surface area contributed by atoms with Crippen LogP contribution in [0.1, 0.15) is 44.2 Å². The van der Waals surface area contributed by atoms with Gasteiger partial charge in [0.2, 0.25) is 5.95 Å². The number of aliphatic carboxylic acids is 1. The fourth-order valence-corrected chi connectivity index (χ4v) is 3.41. The van der Waals surface area contributed by atoms with Crippen molar-refractivity contribution in [3.63, 3.8) is 0 Å². The van der Waals surface area contributed by atoms with Gasteiger partial charge in [-0.2, -0.15) is 4.39 Å². The van der Waals surface area contributed by atoms with Crippen LogP contribution >= 0.6 is 0 Å². The van der Waals surface area contributed by atoms with Gasteiger partial charge in [0.15, 0.2) is 0 Å². The Morgan fingerprint density at radius 1 is 1.23 bits per heavy atom. The van der Waals surface area contributed by atoms with Gasteiger partial charge in [0, 0.05) is 12.1 Å². The summed E-state index contributed by atoms with van der Waals surface area (Å²) in [6, 6.07) is 12.8. The highest BCUT2D eigenvalue weighted by Gasteiger charge is 2.16. The molecular formula is C24H25FN2O3. The van der Waals surface area contributed by atoms with Gasteiger partial charge < -0.3 is 9.84 Å². The highest BCUT2D eigenvalue weighted by atomic mass is 19.1. The Balaban J connectivity index is 1.77. The Kier molecular flexibility index (Phi) is 6.73. The molecule has 3 aromatic rings. The molecule has 0 unspecified atom stereocenters. The lowest BCUT2D eigenvalue weighted by Crippen LogP contribution is -2.06. The first-order valence-electron chi connectivity index (χ1n) is 9.89. The average molecular weight is 408 g/mol. The lowest BCUT2D eigenvalue weighted by molar-refractivity contribution is -0.137. The fourth-order valence-electron chi connectivity index (χ4n) is 3.41. The first-order valence-corrected chi connectivity index (χ1v) is 9.89. The highest BCUT2D eigenvalue weighted by molar-refractivity contribution is 5.82. The van der Waals surface area contributed by atoms with E-state index in [1.807, 2.05) is 30.3 Å². The van der Waals surface area contributed by atoms with Crippen molar-refractivity contribution >= 4 is 16.9 Å². The zero-order valence-electron chi connectivity index (χ0n) is 17.4. The van der Waals surface area contributed by atoms with Crippen LogP contribution in [0.2, 0.25) is 0 Å². The number of carbonyl (C=O) groups is 1. The van der Waals surface area contributed by atoms with Crippen LogP contribution in [0.4, 0.5) is 4.39 Å². The Morgan fingerprint density at radius 2 is 1.97 bits per heavy atom. The van der Waals surface area contributed by atoms with Crippen molar-refractivity contribution in [1.29, 1.82) is 0 Å². The number of nitrogens with zero attached hydrogens (tertiary/aromatic N) is 2. The molecule has 0 saturated carbocycles. The number of rotatable bonds is 8. The van der Waals surface area contributed by atoms with Crippen molar-refractivity contribution in [2.24, 2.45) is 5.92 Å². The van der Waals surface area contributed by atoms with Crippen molar-refractivity contribution in [2.45, 2.75) is 46.3 Å². The molecule has 0 bridgehead atoms. The molecule has 6 heteroatoms. The predicted octanol–water partition coefficient (Wildman–Crippen LogP) is 4.99. The minimum atomic E-state index is -0.892. The van der Waals surface area contributed by atoms with E-state index in [1.165, 1.54) is 0 Å². The third kappa shape index (κ3) is 4.98. The normalized spacial score (nSPS) is 11.9. The van der Waals surface area contributed by atoms with Crippen LogP contribution in [-0.4, -0.2) is 20.9 Å². The van der Waals surface area contributed by atoms with Crippen LogP contribution < -0.4 is 4.74 Å². The van der Waals surface area contributed by atoms with Crippen molar-refractivity contribution in [3.05, 3.63) is 59.5 Å². The summed E-state index contributed by atoms with van der Waals surface area (Å²) in [7, 11) is 0. The van der Waals surface area contributed by atoms with Crippen LogP contribution in [-0.2, 0) is 17.9 Å². The SMILES string of the molecule is CC#C[C@@H](CC(=O)O)c1ccc(OCc2cccc3c2c(F)nn3CC(C)C)cc1. The second-order valence-electron chi connectivity index (χ2n) is 7.58. The number of fused-ring (bicyclic) bond motifs is 1. The molecule has 0 amide bonds. The molecule has 2 aromatic carbocycles. The summed E-state index contributed by atoms with van der Waals surface area (Å²) in [5.74, 6) is 4.93. The molecule has 0 aliphatic carbocycles. The van der Waals surface area contributed by atoms with E-state index in [9.17, 15) is 9.18 Å². The molecule has 0 saturated heterocycles. The van der Waals surface area contributed by atoms with E-state index in [1.54, 1.807) is 23.7 Å². The van der Waals surface area contributed by atoms with Gasteiger partial charge in [0.05, 0.1) is 23.2 Å². The molecule has 0 fully saturated rings. The zero-order chi connectivity index (χ0) is 21.7. The Bertz CT molecular complexity index is 1090. The summed E-state index contributed by atoms with van der Waals surface area (Å²) in [4.78, 5) is 11.0. The topological polar surface area (TPSA) is 64.3 Å². The summed E-state index contributed by atoms with van der Waals surface area (Å²) < 4.78 is 22.1. The number of carboxylic acids is 1. The van der Waals surface area contributed by atoms with Gasteiger partial charge in [-0.1, -0.05) is 44.0 Å². The summed E-state index contributed by atoms with van der Waals surface area (Å²) in [5.41, 5.74) is 2.30. The van der Waals surface area contributed by atoms with Gasteiger partial charge in [-0.25, -0.2) is 0 Å². The maximum atomic E-state index is 14.5. The molecule has 0 aliphatic rings. The van der Waals surface area contributed by atoms with E-state index >= 15 is 0 Å². The highest BCUT2D eigenvalue weighted by Crippen LogP contribution is 2.26. The third-order valence-electron chi connectivity index (χ3n) is 4.73. The third-order valence-corrected chi connectivity index (χ3v) is 4.73. The number of benzene rings is 2. The average Bonchev–Trinajstić information content (AvgIpc) is 3.01. The van der Waals surface area contributed by atoms with Gasteiger partial charge in [-0.05, 0) is 36.6 Å². The van der Waals surface area contributed by atoms with E-state index < -0.39 is 11.9 Å². The molecule has 30 heavy (non-hydrogen) atoms. The molecule has 0 spiro atoms. The summed E-state index contributed by atoms with van der Waals surface area (Å²) in [5, 5.41) is 13.6. The monoisotopic (exact) mass is 408 g/mol. The molecule has 1 N–H and O–H groups in total. The summed E-state index contributed by atoms with van der Waals surface area (Å²) in [6.07, 6.45) is -0.0529. The summed E-state index contributed by atoms with van der Waals surface area (Å²) in [6.45, 7) is 6.67. The maximum Gasteiger partial charge on any atom is 0.304 e. The van der Waals surface area contributed by atoms with E-state index in [0.29, 0.717) is 23.6 Å². The molecular weight excluding hydrogens is 383 g/mol. The van der Waals surface area contributed by atoms with Crippen LogP contribution in [0.25, 0.3) is 10.9 Å². The smallest absolute Gasteiger partial charge is 0.304 e. The predicted molar refractivity (Wildman–Crippen MR) is 114 cm³/mol. The van der Waals surface area contributed by atoms with Crippen molar-refractivity contribution in [1.82, 2.24) is 9.78 Å². The maximum absolute atomic E-state index is 14.5. The minimum Gasteiger partial charge on any atom is -0.489 e. The molecule has 0 aliphatic heterocycles. The number of aromatic nitrogens is 2. The molecule has 156 valence electrons. The molecule has 1 atom stereocenters. The Morgan fingerprint density at radius 3 is 2.60 bits per heavy atom. The van der Waals surface area contributed by atoms with Gasteiger partial charge in [0.1, 0.15) is 12.4 Å². The number of halogens is 1. The second-order valence-corrected chi connectivity index (χ2v) is 7.58. The standard InChI is InChI=1S/C24H25FN2O3/c1-4-6-18(13-22(28)29)17-9-11-20(12-10-17)30-15-19-7-5-8-21-23(19)24(25)26-27(21)14-16(2)3/h5,7-12,16,18H,13-15H2,1-3H3,(H,28,29)/t18-/m0/s1. The number of hydrogen-bond acceptors (Lipinski definition) is 3. The second kappa shape index (κ2) is 9.45. The number of carboxylic acid groups (broad SMARTS) is 1. The van der Waals surface area contributed by atoms with E-state index in [2.05, 4.69) is 30.8 Å². The quantitative estimate of drug-likeness (QED) is 0.533. The lowest BCUT2D eigenvalue weighted by Gasteiger charge is -2.11. The molecule has 3 rings (SSSR count). The molecule has 1 aromatic heterocycles. The molecule has 0 radical (unpaired) electrons. The summed E-state index contributed by atoms with van der Waals surface area (Å²) >= 11 is 0. The number of ether oxygens (including phenoxy) is 1. The van der Waals surface area contributed by atoms with Crippen molar-refractivity contribution in [3.8, 4) is 17.6 Å². The molecule has 5 nitrogen and oxygen atoms in total. The van der Waals surface area contributed by atoms with Gasteiger partial charge >= 0.3 is 5.97 Å². The van der Waals surface area contributed by atoms with Crippen molar-refractivity contribution < 1.29 is 19.0 Å². The van der Waals surface area contributed by atoms with Crippen LogP contribution in [0.3, 0.4) is 0 Å². The first-order chi connectivity index (χ1) is 14.4. The van der Waals surface area contributed by atoms with Gasteiger partial charge in [-0.15, -0.1) is 11.0 Å². The van der Waals surface area contributed by atoms with Crippen LogP contribution in [0, 0.1) is 23.7 Å². The van der Waals surface area contributed by atoms with Crippen LogP contribution in [0.15, 0.2) is 42.5 Å². The lowest BCUT2D eigenvalue weighted by atomic mass is 9.96.